The van der Waals surface area contributed by atoms with E-state index in [1.54, 1.807) is 11.9 Å². The Labute approximate surface area is 171 Å². The summed E-state index contributed by atoms with van der Waals surface area (Å²) in [6.07, 6.45) is 1.59. The molecule has 4 rings (SSSR count). The molecule has 29 heavy (non-hydrogen) atoms. The summed E-state index contributed by atoms with van der Waals surface area (Å²) in [5.41, 5.74) is 8.25. The molecule has 1 fully saturated rings. The minimum atomic E-state index is -0.868. The molecule has 1 atom stereocenters. The Kier molecular flexibility index (Phi) is 5.65. The van der Waals surface area contributed by atoms with E-state index in [1.807, 2.05) is 54.6 Å². The van der Waals surface area contributed by atoms with Crippen LogP contribution in [0.25, 0.3) is 0 Å². The van der Waals surface area contributed by atoms with Gasteiger partial charge >= 0.3 is 0 Å². The van der Waals surface area contributed by atoms with Gasteiger partial charge in [0.2, 0.25) is 11.8 Å². The predicted octanol–water partition coefficient (Wildman–Crippen LogP) is 1.76. The fourth-order valence-corrected chi connectivity index (χ4v) is 4.53. The summed E-state index contributed by atoms with van der Waals surface area (Å²) in [4.78, 5) is 28.0. The van der Waals surface area contributed by atoms with Crippen LogP contribution in [0.3, 0.4) is 0 Å². The van der Waals surface area contributed by atoms with Crippen LogP contribution in [-0.2, 0) is 21.4 Å². The molecular formula is C23H28N4O2. The lowest BCUT2D eigenvalue weighted by atomic mass is 9.73. The van der Waals surface area contributed by atoms with Gasteiger partial charge in [-0.05, 0) is 36.0 Å². The molecule has 1 unspecified atom stereocenters. The lowest BCUT2D eigenvalue weighted by Gasteiger charge is -2.28. The molecular weight excluding hydrogens is 364 g/mol. The van der Waals surface area contributed by atoms with Gasteiger partial charge in [0.05, 0.1) is 5.41 Å². The number of carbonyl (C=O) groups excluding carboxylic acids is 2. The Morgan fingerprint density at radius 1 is 1.10 bits per heavy atom. The number of amides is 2. The number of rotatable bonds is 7. The normalized spacial score (nSPS) is 21.4. The lowest BCUT2D eigenvalue weighted by Crippen LogP contribution is -2.44. The topological polar surface area (TPSA) is 73.5 Å². The highest BCUT2D eigenvalue weighted by molar-refractivity contribution is 6.09. The van der Waals surface area contributed by atoms with E-state index in [4.69, 9.17) is 0 Å². The molecule has 3 N–H and O–H groups in total. The molecule has 0 radical (unpaired) electrons. The molecule has 2 amide bonds. The van der Waals surface area contributed by atoms with E-state index in [2.05, 4.69) is 16.2 Å². The van der Waals surface area contributed by atoms with Crippen molar-refractivity contribution < 1.29 is 9.59 Å². The Morgan fingerprint density at radius 3 is 2.55 bits per heavy atom. The van der Waals surface area contributed by atoms with E-state index in [0.29, 0.717) is 18.9 Å². The van der Waals surface area contributed by atoms with Gasteiger partial charge in [0.1, 0.15) is 0 Å². The highest BCUT2D eigenvalue weighted by Crippen LogP contribution is 2.45. The highest BCUT2D eigenvalue weighted by atomic mass is 16.2. The third-order valence-corrected chi connectivity index (χ3v) is 6.09. The van der Waals surface area contributed by atoms with Crippen molar-refractivity contribution in [1.29, 1.82) is 0 Å². The molecule has 0 spiro atoms. The zero-order chi connectivity index (χ0) is 20.3. The summed E-state index contributed by atoms with van der Waals surface area (Å²) in [5.74, 6) is 0.439. The SMILES string of the molecule is CN1C(=O)C(CC(=O)NCCC2CNNC2)(Cc2ccccc2)c2ccccc21. The van der Waals surface area contributed by atoms with Gasteiger partial charge in [0.25, 0.3) is 0 Å². The summed E-state index contributed by atoms with van der Waals surface area (Å²) in [7, 11) is 1.80. The average Bonchev–Trinajstić information content (AvgIpc) is 3.32. The van der Waals surface area contributed by atoms with Gasteiger partial charge in [-0.25, -0.2) is 0 Å². The first-order chi connectivity index (χ1) is 14.1. The number of carbonyl (C=O) groups is 2. The summed E-state index contributed by atoms with van der Waals surface area (Å²) in [6, 6.07) is 17.8. The standard InChI is InChI=1S/C23H28N4O2/c1-27-20-10-6-5-9-19(20)23(22(27)29,13-17-7-3-2-4-8-17)14-21(28)24-12-11-18-15-25-26-16-18/h2-10,18,25-26H,11-16H2,1H3,(H,24,28). The highest BCUT2D eigenvalue weighted by Gasteiger charge is 2.50. The average molecular weight is 393 g/mol. The van der Waals surface area contributed by atoms with Crippen molar-refractivity contribution in [2.24, 2.45) is 5.92 Å². The molecule has 6 nitrogen and oxygen atoms in total. The second-order valence-corrected chi connectivity index (χ2v) is 8.07. The van der Waals surface area contributed by atoms with Crippen LogP contribution in [0, 0.1) is 5.92 Å². The Balaban J connectivity index is 1.56. The predicted molar refractivity (Wildman–Crippen MR) is 113 cm³/mol. The molecule has 2 aliphatic rings. The summed E-state index contributed by atoms with van der Waals surface area (Å²) in [6.45, 7) is 2.47. The molecule has 2 aromatic carbocycles. The number of nitrogens with one attached hydrogen (secondary N) is 3. The number of fused-ring (bicyclic) bond motifs is 1. The maximum absolute atomic E-state index is 13.4. The number of likely N-dealkylation sites (N-methyl/N-ethyl adjacent to an activating group) is 1. The number of para-hydroxylation sites is 1. The van der Waals surface area contributed by atoms with Crippen molar-refractivity contribution >= 4 is 17.5 Å². The number of benzene rings is 2. The van der Waals surface area contributed by atoms with Gasteiger partial charge in [-0.2, -0.15) is 0 Å². The summed E-state index contributed by atoms with van der Waals surface area (Å²) in [5, 5.41) is 3.05. The second kappa shape index (κ2) is 8.35. The molecule has 6 heteroatoms. The number of hydrazine groups is 1. The molecule has 2 aromatic rings. The summed E-state index contributed by atoms with van der Waals surface area (Å²) < 4.78 is 0. The van der Waals surface area contributed by atoms with Crippen molar-refractivity contribution in [3.8, 4) is 0 Å². The Bertz CT molecular complexity index is 879. The van der Waals surface area contributed by atoms with Gasteiger partial charge in [-0.1, -0.05) is 48.5 Å². The van der Waals surface area contributed by atoms with Crippen LogP contribution in [0.2, 0.25) is 0 Å². The maximum Gasteiger partial charge on any atom is 0.238 e. The molecule has 2 aliphatic heterocycles. The van der Waals surface area contributed by atoms with Crippen LogP contribution in [0.15, 0.2) is 54.6 Å². The van der Waals surface area contributed by atoms with Gasteiger partial charge in [0.15, 0.2) is 0 Å². The largest absolute Gasteiger partial charge is 0.356 e. The van der Waals surface area contributed by atoms with Crippen molar-refractivity contribution in [3.05, 3.63) is 65.7 Å². The van der Waals surface area contributed by atoms with E-state index in [1.165, 1.54) is 0 Å². The second-order valence-electron chi connectivity index (χ2n) is 8.07. The monoisotopic (exact) mass is 392 g/mol. The van der Waals surface area contributed by atoms with Crippen molar-refractivity contribution in [1.82, 2.24) is 16.2 Å². The van der Waals surface area contributed by atoms with Gasteiger partial charge in [-0.3, -0.25) is 20.4 Å². The molecule has 0 saturated carbocycles. The van der Waals surface area contributed by atoms with Crippen LogP contribution in [0.4, 0.5) is 5.69 Å². The smallest absolute Gasteiger partial charge is 0.238 e. The van der Waals surface area contributed by atoms with Gasteiger partial charge < -0.3 is 10.2 Å². The molecule has 2 heterocycles. The first kappa shape index (κ1) is 19.6. The fraction of sp³-hybridized carbons (Fsp3) is 0.391. The third-order valence-electron chi connectivity index (χ3n) is 6.09. The molecule has 152 valence electrons. The molecule has 0 aliphatic carbocycles. The number of hydrogen-bond donors (Lipinski definition) is 3. The van der Waals surface area contributed by atoms with Crippen molar-refractivity contribution in [2.45, 2.75) is 24.7 Å². The van der Waals surface area contributed by atoms with E-state index in [0.717, 1.165) is 36.3 Å². The minimum absolute atomic E-state index is 0.0121. The molecule has 1 saturated heterocycles. The Hall–Kier alpha value is -2.70. The summed E-state index contributed by atoms with van der Waals surface area (Å²) >= 11 is 0. The van der Waals surface area contributed by atoms with Crippen LogP contribution in [0.1, 0.15) is 24.0 Å². The third kappa shape index (κ3) is 3.91. The zero-order valence-electron chi connectivity index (χ0n) is 16.8. The van der Waals surface area contributed by atoms with E-state index < -0.39 is 5.41 Å². The molecule has 0 bridgehead atoms. The number of anilines is 1. The van der Waals surface area contributed by atoms with Crippen LogP contribution in [0.5, 0.6) is 0 Å². The van der Waals surface area contributed by atoms with Crippen LogP contribution >= 0.6 is 0 Å². The lowest BCUT2D eigenvalue weighted by molar-refractivity contribution is -0.129. The Morgan fingerprint density at radius 2 is 1.79 bits per heavy atom. The van der Waals surface area contributed by atoms with E-state index in [9.17, 15) is 9.59 Å². The zero-order valence-corrected chi connectivity index (χ0v) is 16.8. The maximum atomic E-state index is 13.4. The molecule has 0 aromatic heterocycles. The van der Waals surface area contributed by atoms with Gasteiger partial charge in [-0.15, -0.1) is 0 Å². The van der Waals surface area contributed by atoms with E-state index >= 15 is 0 Å². The quantitative estimate of drug-likeness (QED) is 0.671. The number of nitrogens with zero attached hydrogens (tertiary/aromatic N) is 1. The van der Waals surface area contributed by atoms with Crippen molar-refractivity contribution in [2.75, 3.05) is 31.6 Å². The van der Waals surface area contributed by atoms with Crippen molar-refractivity contribution in [3.63, 3.8) is 0 Å². The van der Waals surface area contributed by atoms with E-state index in [-0.39, 0.29) is 18.2 Å². The minimum Gasteiger partial charge on any atom is -0.356 e. The first-order valence-electron chi connectivity index (χ1n) is 10.2. The first-order valence-corrected chi connectivity index (χ1v) is 10.2. The van der Waals surface area contributed by atoms with Gasteiger partial charge in [0, 0.05) is 38.8 Å². The fourth-order valence-electron chi connectivity index (χ4n) is 4.53. The van der Waals surface area contributed by atoms with Crippen LogP contribution < -0.4 is 21.1 Å². The number of hydrogen-bond acceptors (Lipinski definition) is 4. The van der Waals surface area contributed by atoms with Crippen LogP contribution in [-0.4, -0.2) is 38.5 Å².